The summed E-state index contributed by atoms with van der Waals surface area (Å²) in [5.41, 5.74) is 16.5. The minimum atomic E-state index is -0.813. The van der Waals surface area contributed by atoms with E-state index >= 15 is 0 Å². The third-order valence-corrected chi connectivity index (χ3v) is 8.36. The predicted octanol–water partition coefficient (Wildman–Crippen LogP) is 8.52. The van der Waals surface area contributed by atoms with E-state index in [9.17, 15) is 9.90 Å². The van der Waals surface area contributed by atoms with Crippen LogP contribution >= 0.6 is 0 Å². The molecule has 0 aromatic carbocycles. The number of carbonyl (C=O) groups is 1. The molecule has 2 aliphatic rings. The Morgan fingerprint density at radius 3 is 2.15 bits per heavy atom. The summed E-state index contributed by atoms with van der Waals surface area (Å²) in [6, 6.07) is 8.45. The van der Waals surface area contributed by atoms with E-state index in [0.717, 1.165) is 79.1 Å². The van der Waals surface area contributed by atoms with Crippen molar-refractivity contribution >= 4 is 56.4 Å². The van der Waals surface area contributed by atoms with E-state index < -0.39 is 5.97 Å². The van der Waals surface area contributed by atoms with Crippen molar-refractivity contribution in [1.82, 2.24) is 19.9 Å². The van der Waals surface area contributed by atoms with Gasteiger partial charge in [-0.25, -0.2) is 9.97 Å². The molecule has 0 unspecified atom stereocenters. The number of carboxylic acid groups (broad SMARTS) is 1. The van der Waals surface area contributed by atoms with Crippen molar-refractivity contribution in [1.29, 1.82) is 0 Å². The highest BCUT2D eigenvalue weighted by atomic mass is 16.4. The number of rotatable bonds is 6. The smallest absolute Gasteiger partial charge is 0.303 e. The summed E-state index contributed by atoms with van der Waals surface area (Å²) in [6.07, 6.45) is 3.25. The first kappa shape index (κ1) is 27.4. The summed E-state index contributed by atoms with van der Waals surface area (Å²) in [7, 11) is 0. The van der Waals surface area contributed by atoms with Gasteiger partial charge in [-0.2, -0.15) is 0 Å². The summed E-state index contributed by atoms with van der Waals surface area (Å²) in [5.74, 6) is -0.539. The van der Waals surface area contributed by atoms with Gasteiger partial charge in [0.2, 0.25) is 0 Å². The molecule has 6 heteroatoms. The summed E-state index contributed by atoms with van der Waals surface area (Å²) >= 11 is 0. The Bertz CT molecular complexity index is 1790. The first-order valence-electron chi connectivity index (χ1n) is 14.0. The third kappa shape index (κ3) is 4.61. The Labute approximate surface area is 235 Å². The third-order valence-electron chi connectivity index (χ3n) is 8.36. The van der Waals surface area contributed by atoms with Crippen molar-refractivity contribution in [2.45, 2.75) is 67.7 Å². The Morgan fingerprint density at radius 1 is 0.875 bits per heavy atom. The molecule has 0 spiro atoms. The minimum absolute atomic E-state index is 0.0557. The molecule has 0 saturated carbocycles. The molecule has 0 amide bonds. The van der Waals surface area contributed by atoms with Crippen molar-refractivity contribution in [2.75, 3.05) is 0 Å². The summed E-state index contributed by atoms with van der Waals surface area (Å²) < 4.78 is 0. The van der Waals surface area contributed by atoms with Gasteiger partial charge in [-0.1, -0.05) is 33.4 Å². The molecule has 8 bridgehead atoms. The average molecular weight is 535 g/mol. The van der Waals surface area contributed by atoms with Crippen molar-refractivity contribution in [3.05, 3.63) is 75.9 Å². The Kier molecular flexibility index (Phi) is 7.13. The van der Waals surface area contributed by atoms with Crippen LogP contribution in [0.1, 0.15) is 92.5 Å². The number of aromatic nitrogens is 4. The number of aryl methyl sites for hydroxylation is 3. The fourth-order valence-corrected chi connectivity index (χ4v) is 6.14. The molecule has 0 aliphatic carbocycles. The number of fused-ring (bicyclic) bond motifs is 8. The van der Waals surface area contributed by atoms with Crippen LogP contribution in [0, 0.1) is 19.8 Å². The molecule has 0 fully saturated rings. The van der Waals surface area contributed by atoms with Crippen molar-refractivity contribution in [3.63, 3.8) is 0 Å². The molecule has 5 heterocycles. The molecule has 3 aromatic rings. The number of allylic oxidation sites excluding steroid dienone is 4. The van der Waals surface area contributed by atoms with Gasteiger partial charge in [0.25, 0.3) is 0 Å². The minimum Gasteiger partial charge on any atom is -0.481 e. The maximum absolute atomic E-state index is 11.5. The van der Waals surface area contributed by atoms with E-state index in [-0.39, 0.29) is 12.3 Å². The molecule has 0 saturated heterocycles. The van der Waals surface area contributed by atoms with Crippen LogP contribution in [0.2, 0.25) is 0 Å². The number of nitrogens with zero attached hydrogens (tertiary/aromatic N) is 2. The second-order valence-electron chi connectivity index (χ2n) is 11.1. The topological polar surface area (TPSA) is 94.7 Å². The molecule has 0 atom stereocenters. The van der Waals surface area contributed by atoms with Crippen molar-refractivity contribution in [2.24, 2.45) is 5.92 Å². The van der Waals surface area contributed by atoms with Gasteiger partial charge in [-0.15, -0.1) is 0 Å². The Balaban J connectivity index is 1.96. The average Bonchev–Trinajstić information content (AvgIpc) is 3.55. The van der Waals surface area contributed by atoms with Gasteiger partial charge in [-0.05, 0) is 110 Å². The largest absolute Gasteiger partial charge is 0.481 e. The van der Waals surface area contributed by atoms with Gasteiger partial charge in [0.15, 0.2) is 0 Å². The second kappa shape index (κ2) is 10.4. The number of hydrogen-bond donors (Lipinski definition) is 3. The lowest BCUT2D eigenvalue weighted by Crippen LogP contribution is -1.95. The van der Waals surface area contributed by atoms with E-state index in [1.807, 2.05) is 13.0 Å². The zero-order chi connectivity index (χ0) is 28.9. The molecule has 3 N–H and O–H groups in total. The van der Waals surface area contributed by atoms with E-state index in [0.29, 0.717) is 6.42 Å². The number of aliphatic carboxylic acids is 1. The van der Waals surface area contributed by atoms with Gasteiger partial charge >= 0.3 is 5.97 Å². The van der Waals surface area contributed by atoms with Gasteiger partial charge in [0.1, 0.15) is 0 Å². The van der Waals surface area contributed by atoms with Crippen LogP contribution in [0.25, 0.3) is 50.4 Å². The summed E-state index contributed by atoms with van der Waals surface area (Å²) in [5, 5.41) is 9.46. The van der Waals surface area contributed by atoms with Crippen LogP contribution in [-0.4, -0.2) is 31.0 Å². The van der Waals surface area contributed by atoms with Gasteiger partial charge < -0.3 is 15.1 Å². The van der Waals surface area contributed by atoms with Gasteiger partial charge in [-0.3, -0.25) is 4.79 Å². The highest BCUT2D eigenvalue weighted by molar-refractivity contribution is 5.96. The number of H-pyrrole nitrogens is 2. The molecule has 0 radical (unpaired) electrons. The Morgan fingerprint density at radius 2 is 1.50 bits per heavy atom. The zero-order valence-corrected chi connectivity index (χ0v) is 24.5. The van der Waals surface area contributed by atoms with Crippen LogP contribution in [0.5, 0.6) is 0 Å². The second-order valence-corrected chi connectivity index (χ2v) is 11.1. The number of hydrogen-bond acceptors (Lipinski definition) is 3. The van der Waals surface area contributed by atoms with Gasteiger partial charge in [0, 0.05) is 34.1 Å². The zero-order valence-electron chi connectivity index (χ0n) is 24.5. The molecule has 6 nitrogen and oxygen atoms in total. The molecule has 5 rings (SSSR count). The van der Waals surface area contributed by atoms with E-state index in [4.69, 9.17) is 9.97 Å². The Hall–Kier alpha value is -4.19. The van der Waals surface area contributed by atoms with Crippen molar-refractivity contribution in [3.8, 4) is 0 Å². The summed E-state index contributed by atoms with van der Waals surface area (Å²) in [4.78, 5) is 29.0. The molecule has 40 heavy (non-hydrogen) atoms. The fraction of sp³-hybridized carbons (Fsp3) is 0.324. The maximum Gasteiger partial charge on any atom is 0.303 e. The lowest BCUT2D eigenvalue weighted by Gasteiger charge is -2.08. The standard InChI is InChI=1S/C34H38N4O2/c1-9-22-18(5)25-13-26-19(6)23(10-2)30(36-26)16-31-24(11-12-33(39)40)20(7)27(37-31)15-32-34(17(3)4)21(8)28(38-32)14-29(22)35-25/h9,13-17,35-36H,1,10-12H2,2-8H3,(H,39,40). The van der Waals surface area contributed by atoms with Crippen LogP contribution in [-0.2, 0) is 11.2 Å². The molecule has 3 aromatic heterocycles. The first-order chi connectivity index (χ1) is 19.0. The number of carboxylic acids is 1. The van der Waals surface area contributed by atoms with Crippen LogP contribution in [0.15, 0.2) is 30.8 Å². The number of nitrogens with one attached hydrogen (secondary N) is 2. The van der Waals surface area contributed by atoms with E-state index in [1.165, 1.54) is 16.7 Å². The first-order valence-corrected chi connectivity index (χ1v) is 14.0. The van der Waals surface area contributed by atoms with Crippen LogP contribution < -0.4 is 0 Å². The lowest BCUT2D eigenvalue weighted by atomic mass is 9.95. The van der Waals surface area contributed by atoms with Crippen LogP contribution in [0.3, 0.4) is 0 Å². The van der Waals surface area contributed by atoms with E-state index in [1.54, 1.807) is 0 Å². The van der Waals surface area contributed by atoms with E-state index in [2.05, 4.69) is 82.4 Å². The van der Waals surface area contributed by atoms with Crippen LogP contribution in [0.4, 0.5) is 0 Å². The highest BCUT2D eigenvalue weighted by Crippen LogP contribution is 2.38. The normalized spacial score (nSPS) is 13.5. The molecule has 2 aliphatic heterocycles. The summed E-state index contributed by atoms with van der Waals surface area (Å²) in [6.45, 7) is 19.1. The SMILES string of the molecule is C=Cc1c(C)c2cc3[nH]c(cc4nc(cc5nc(cc1[nH]2)C(C)=C5C(C)C)C(C)=C4CCC(=O)O)c(CC)c3C. The maximum atomic E-state index is 11.5. The van der Waals surface area contributed by atoms with Crippen molar-refractivity contribution < 1.29 is 9.90 Å². The van der Waals surface area contributed by atoms with Gasteiger partial charge in [0.05, 0.1) is 22.8 Å². The lowest BCUT2D eigenvalue weighted by molar-refractivity contribution is -0.136. The highest BCUT2D eigenvalue weighted by Gasteiger charge is 2.23. The molecular weight excluding hydrogens is 496 g/mol. The predicted molar refractivity (Wildman–Crippen MR) is 167 cm³/mol. The monoisotopic (exact) mass is 534 g/mol. The fourth-order valence-electron chi connectivity index (χ4n) is 6.14. The number of aromatic amines is 2. The molecular formula is C34H38N4O2. The quantitative estimate of drug-likeness (QED) is 0.295. The molecule has 206 valence electrons.